The Morgan fingerprint density at radius 1 is 1.30 bits per heavy atom. The summed E-state index contributed by atoms with van der Waals surface area (Å²) in [5.41, 5.74) is 0. The summed E-state index contributed by atoms with van der Waals surface area (Å²) in [5.74, 6) is 2.61. The van der Waals surface area contributed by atoms with Crippen LogP contribution in [0.15, 0.2) is 0 Å². The van der Waals surface area contributed by atoms with Gasteiger partial charge in [0.05, 0.1) is 0 Å². The van der Waals surface area contributed by atoms with Crippen LogP contribution in [0.3, 0.4) is 0 Å². The molecule has 0 heterocycles. The highest BCUT2D eigenvalue weighted by molar-refractivity contribution is 5.81. The van der Waals surface area contributed by atoms with Crippen molar-refractivity contribution < 1.29 is 4.79 Å². The molecule has 2 fully saturated rings. The molecule has 0 aromatic heterocycles. The highest BCUT2D eigenvalue weighted by atomic mass is 16.1. The predicted molar refractivity (Wildman–Crippen MR) is 39.6 cm³/mol. The molecule has 0 saturated heterocycles. The molecule has 2 rings (SSSR count). The quantitative estimate of drug-likeness (QED) is 0.500. The highest BCUT2D eigenvalue weighted by Crippen LogP contribution is 2.46. The first-order chi connectivity index (χ1) is 4.79. The average molecular weight is 138 g/mol. The zero-order valence-corrected chi connectivity index (χ0v) is 6.47. The van der Waals surface area contributed by atoms with Crippen LogP contribution in [0.1, 0.15) is 32.6 Å². The zero-order valence-electron chi connectivity index (χ0n) is 6.47. The Kier molecular flexibility index (Phi) is 1.33. The van der Waals surface area contributed by atoms with E-state index in [1.807, 2.05) is 0 Å². The Labute approximate surface area is 61.8 Å². The summed E-state index contributed by atoms with van der Waals surface area (Å²) in [4.78, 5) is 11.2. The standard InChI is InChI=1S/C9H14O/c1-6-8-4-2-7(8)3-5-9(6)10/h6-8H,2-5H2,1H3/t6?,7-,8+/m0/s1. The number of hydrogen-bond donors (Lipinski definition) is 0. The maximum Gasteiger partial charge on any atom is 0.135 e. The number of fused-ring (bicyclic) bond motifs is 1. The Morgan fingerprint density at radius 3 is 2.60 bits per heavy atom. The molecule has 0 aromatic carbocycles. The molecule has 3 atom stereocenters. The molecule has 0 radical (unpaired) electrons. The molecule has 1 unspecified atom stereocenters. The van der Waals surface area contributed by atoms with Crippen LogP contribution in [-0.2, 0) is 4.79 Å². The van der Waals surface area contributed by atoms with Crippen molar-refractivity contribution in [3.05, 3.63) is 0 Å². The molecule has 1 nitrogen and oxygen atoms in total. The van der Waals surface area contributed by atoms with Crippen LogP contribution < -0.4 is 0 Å². The van der Waals surface area contributed by atoms with Crippen LogP contribution in [0.4, 0.5) is 0 Å². The van der Waals surface area contributed by atoms with Gasteiger partial charge in [-0.2, -0.15) is 0 Å². The van der Waals surface area contributed by atoms with E-state index < -0.39 is 0 Å². The zero-order chi connectivity index (χ0) is 7.14. The van der Waals surface area contributed by atoms with Crippen molar-refractivity contribution in [1.82, 2.24) is 0 Å². The minimum absolute atomic E-state index is 0.396. The largest absolute Gasteiger partial charge is 0.299 e. The van der Waals surface area contributed by atoms with E-state index in [0.29, 0.717) is 11.7 Å². The van der Waals surface area contributed by atoms with Gasteiger partial charge in [0.1, 0.15) is 5.78 Å². The summed E-state index contributed by atoms with van der Waals surface area (Å²) in [6.45, 7) is 2.11. The van der Waals surface area contributed by atoms with Crippen molar-refractivity contribution in [2.45, 2.75) is 32.6 Å². The summed E-state index contributed by atoms with van der Waals surface area (Å²) in [7, 11) is 0. The van der Waals surface area contributed by atoms with E-state index in [0.717, 1.165) is 18.3 Å². The molecular formula is C9H14O. The van der Waals surface area contributed by atoms with Gasteiger partial charge in [-0.15, -0.1) is 0 Å². The van der Waals surface area contributed by atoms with Crippen LogP contribution in [0, 0.1) is 17.8 Å². The SMILES string of the molecule is CC1C(=O)CC[C@@H]2CC[C@H]12. The van der Waals surface area contributed by atoms with E-state index in [4.69, 9.17) is 0 Å². The van der Waals surface area contributed by atoms with Crippen LogP contribution in [0.25, 0.3) is 0 Å². The van der Waals surface area contributed by atoms with E-state index in [2.05, 4.69) is 6.92 Å². The number of rotatable bonds is 0. The molecule has 0 spiro atoms. The molecule has 10 heavy (non-hydrogen) atoms. The number of Topliss-reactive ketones (excluding diaryl/α,β-unsaturated/α-hetero) is 1. The lowest BCUT2D eigenvalue weighted by molar-refractivity contribution is -0.130. The van der Waals surface area contributed by atoms with E-state index in [9.17, 15) is 4.79 Å². The molecule has 0 N–H and O–H groups in total. The fourth-order valence-electron chi connectivity index (χ4n) is 2.41. The van der Waals surface area contributed by atoms with Gasteiger partial charge in [-0.05, 0) is 31.1 Å². The van der Waals surface area contributed by atoms with Gasteiger partial charge in [-0.1, -0.05) is 6.92 Å². The van der Waals surface area contributed by atoms with Crippen molar-refractivity contribution >= 4 is 5.78 Å². The summed E-state index contributed by atoms with van der Waals surface area (Å²) in [6, 6.07) is 0. The molecule has 2 saturated carbocycles. The van der Waals surface area contributed by atoms with Gasteiger partial charge in [0.2, 0.25) is 0 Å². The van der Waals surface area contributed by atoms with E-state index in [1.54, 1.807) is 0 Å². The molecule has 2 aliphatic carbocycles. The average Bonchev–Trinajstić information content (AvgIpc) is 1.82. The smallest absolute Gasteiger partial charge is 0.135 e. The predicted octanol–water partition coefficient (Wildman–Crippen LogP) is 2.01. The van der Waals surface area contributed by atoms with Gasteiger partial charge in [-0.25, -0.2) is 0 Å². The molecular weight excluding hydrogens is 124 g/mol. The van der Waals surface area contributed by atoms with Crippen LogP contribution in [-0.4, -0.2) is 5.78 Å². The summed E-state index contributed by atoms with van der Waals surface area (Å²) in [6.07, 6.45) is 4.76. The second-order valence-electron chi connectivity index (χ2n) is 3.79. The number of carbonyl (C=O) groups excluding carboxylic acids is 1. The van der Waals surface area contributed by atoms with Crippen LogP contribution in [0.5, 0.6) is 0 Å². The fourth-order valence-corrected chi connectivity index (χ4v) is 2.41. The summed E-state index contributed by atoms with van der Waals surface area (Å²) in [5, 5.41) is 0. The first kappa shape index (κ1) is 6.38. The summed E-state index contributed by atoms with van der Waals surface area (Å²) >= 11 is 0. The van der Waals surface area contributed by atoms with Crippen molar-refractivity contribution in [3.8, 4) is 0 Å². The van der Waals surface area contributed by atoms with Gasteiger partial charge in [0, 0.05) is 12.3 Å². The van der Waals surface area contributed by atoms with Gasteiger partial charge >= 0.3 is 0 Å². The maximum absolute atomic E-state index is 11.2. The van der Waals surface area contributed by atoms with Crippen molar-refractivity contribution in [2.75, 3.05) is 0 Å². The summed E-state index contributed by atoms with van der Waals surface area (Å²) < 4.78 is 0. The molecule has 1 heteroatoms. The molecule has 0 aliphatic heterocycles. The number of carbonyl (C=O) groups is 1. The highest BCUT2D eigenvalue weighted by Gasteiger charge is 2.40. The van der Waals surface area contributed by atoms with Gasteiger partial charge in [0.15, 0.2) is 0 Å². The molecule has 0 amide bonds. The van der Waals surface area contributed by atoms with E-state index >= 15 is 0 Å². The lowest BCUT2D eigenvalue weighted by Gasteiger charge is -2.43. The Bertz CT molecular complexity index is 162. The molecule has 2 aliphatic rings. The first-order valence-corrected chi connectivity index (χ1v) is 4.32. The maximum atomic E-state index is 11.2. The Balaban J connectivity index is 2.08. The first-order valence-electron chi connectivity index (χ1n) is 4.32. The molecule has 0 aromatic rings. The normalized spacial score (nSPS) is 46.1. The van der Waals surface area contributed by atoms with Gasteiger partial charge in [0.25, 0.3) is 0 Å². The van der Waals surface area contributed by atoms with E-state index in [1.165, 1.54) is 19.3 Å². The van der Waals surface area contributed by atoms with Crippen molar-refractivity contribution in [3.63, 3.8) is 0 Å². The molecule has 56 valence electrons. The van der Waals surface area contributed by atoms with Gasteiger partial charge in [-0.3, -0.25) is 4.79 Å². The van der Waals surface area contributed by atoms with Crippen molar-refractivity contribution in [2.24, 2.45) is 17.8 Å². The second kappa shape index (κ2) is 2.08. The third-order valence-electron chi connectivity index (χ3n) is 3.39. The number of ketones is 1. The van der Waals surface area contributed by atoms with Crippen LogP contribution in [0.2, 0.25) is 0 Å². The lowest BCUT2D eigenvalue weighted by Crippen LogP contribution is -2.39. The minimum atomic E-state index is 0.396. The van der Waals surface area contributed by atoms with Gasteiger partial charge < -0.3 is 0 Å². The fraction of sp³-hybridized carbons (Fsp3) is 0.889. The topological polar surface area (TPSA) is 17.1 Å². The monoisotopic (exact) mass is 138 g/mol. The third-order valence-corrected chi connectivity index (χ3v) is 3.39. The second-order valence-corrected chi connectivity index (χ2v) is 3.79. The molecule has 0 bridgehead atoms. The minimum Gasteiger partial charge on any atom is -0.299 e. The number of hydrogen-bond acceptors (Lipinski definition) is 1. The van der Waals surface area contributed by atoms with Crippen LogP contribution >= 0.6 is 0 Å². The van der Waals surface area contributed by atoms with Crippen molar-refractivity contribution in [1.29, 1.82) is 0 Å². The Morgan fingerprint density at radius 2 is 2.10 bits per heavy atom. The Hall–Kier alpha value is -0.330. The van der Waals surface area contributed by atoms with E-state index in [-0.39, 0.29) is 0 Å². The third kappa shape index (κ3) is 0.727. The lowest BCUT2D eigenvalue weighted by atomic mass is 9.61.